The van der Waals surface area contributed by atoms with Gasteiger partial charge in [0.05, 0.1) is 18.4 Å². The number of hydrogen-bond donors (Lipinski definition) is 3. The van der Waals surface area contributed by atoms with Gasteiger partial charge in [0.2, 0.25) is 5.91 Å². The van der Waals surface area contributed by atoms with Gasteiger partial charge in [0.25, 0.3) is 5.91 Å². The second-order valence-corrected chi connectivity index (χ2v) is 5.53. The summed E-state index contributed by atoms with van der Waals surface area (Å²) in [6, 6.07) is 9.63. The van der Waals surface area contributed by atoms with E-state index in [1.165, 1.54) is 6.26 Å². The van der Waals surface area contributed by atoms with Crippen molar-refractivity contribution in [2.24, 2.45) is 0 Å². The Labute approximate surface area is 139 Å². The van der Waals surface area contributed by atoms with E-state index in [1.807, 2.05) is 24.4 Å². The number of furan rings is 1. The van der Waals surface area contributed by atoms with Crippen molar-refractivity contribution in [1.82, 2.24) is 15.6 Å². The second-order valence-electron chi connectivity index (χ2n) is 5.53. The SMILES string of the molecule is Cc1occc1C(=O)NCC(=O)NCCc1c[nH]c2ccccc12. The Morgan fingerprint density at radius 1 is 1.17 bits per heavy atom. The standard InChI is InChI=1S/C18H19N3O3/c1-12-14(7-9-24-12)18(23)21-11-17(22)19-8-6-13-10-20-16-5-3-2-4-15(13)16/h2-5,7,9-10,20H,6,8,11H2,1H3,(H,19,22)(H,21,23). The van der Waals surface area contributed by atoms with Gasteiger partial charge >= 0.3 is 0 Å². The Balaban J connectivity index is 1.44. The maximum Gasteiger partial charge on any atom is 0.255 e. The summed E-state index contributed by atoms with van der Waals surface area (Å²) in [7, 11) is 0. The lowest BCUT2D eigenvalue weighted by atomic mass is 10.1. The Morgan fingerprint density at radius 2 is 2.00 bits per heavy atom. The number of para-hydroxylation sites is 1. The summed E-state index contributed by atoms with van der Waals surface area (Å²) in [6.45, 7) is 2.16. The van der Waals surface area contributed by atoms with Gasteiger partial charge in [-0.15, -0.1) is 0 Å². The van der Waals surface area contributed by atoms with Crippen LogP contribution in [-0.4, -0.2) is 29.9 Å². The molecule has 0 aliphatic heterocycles. The van der Waals surface area contributed by atoms with E-state index in [4.69, 9.17) is 4.42 Å². The molecule has 0 aliphatic carbocycles. The Hall–Kier alpha value is -3.02. The smallest absolute Gasteiger partial charge is 0.255 e. The molecule has 3 N–H and O–H groups in total. The first-order chi connectivity index (χ1) is 11.6. The largest absolute Gasteiger partial charge is 0.469 e. The van der Waals surface area contributed by atoms with Crippen LogP contribution in [0.3, 0.4) is 0 Å². The number of amides is 2. The quantitative estimate of drug-likeness (QED) is 0.649. The van der Waals surface area contributed by atoms with Gasteiger partial charge in [-0.2, -0.15) is 0 Å². The fourth-order valence-electron chi connectivity index (χ4n) is 2.61. The number of aromatic amines is 1. The molecule has 0 atom stereocenters. The van der Waals surface area contributed by atoms with Gasteiger partial charge in [0.1, 0.15) is 5.76 Å². The fourth-order valence-corrected chi connectivity index (χ4v) is 2.61. The van der Waals surface area contributed by atoms with Crippen molar-refractivity contribution in [2.45, 2.75) is 13.3 Å². The molecule has 0 bridgehead atoms. The average molecular weight is 325 g/mol. The number of aryl methyl sites for hydroxylation is 1. The summed E-state index contributed by atoms with van der Waals surface area (Å²) in [5, 5.41) is 6.55. The van der Waals surface area contributed by atoms with E-state index in [2.05, 4.69) is 21.7 Å². The normalized spacial score (nSPS) is 10.7. The molecule has 6 heteroatoms. The third-order valence-electron chi connectivity index (χ3n) is 3.90. The number of H-pyrrole nitrogens is 1. The minimum atomic E-state index is -0.312. The molecular weight excluding hydrogens is 306 g/mol. The predicted molar refractivity (Wildman–Crippen MR) is 90.8 cm³/mol. The molecule has 0 unspecified atom stereocenters. The predicted octanol–water partition coefficient (Wildman–Crippen LogP) is 2.16. The summed E-state index contributed by atoms with van der Waals surface area (Å²) >= 11 is 0. The van der Waals surface area contributed by atoms with Crippen LogP contribution in [0.2, 0.25) is 0 Å². The van der Waals surface area contributed by atoms with Crippen molar-refractivity contribution in [2.75, 3.05) is 13.1 Å². The van der Waals surface area contributed by atoms with E-state index in [0.717, 1.165) is 22.9 Å². The molecular formula is C18H19N3O3. The van der Waals surface area contributed by atoms with Crippen LogP contribution in [0.5, 0.6) is 0 Å². The van der Waals surface area contributed by atoms with E-state index in [-0.39, 0.29) is 18.4 Å². The third-order valence-corrected chi connectivity index (χ3v) is 3.90. The van der Waals surface area contributed by atoms with Crippen LogP contribution in [0.25, 0.3) is 10.9 Å². The molecule has 3 aromatic rings. The van der Waals surface area contributed by atoms with Crippen molar-refractivity contribution in [1.29, 1.82) is 0 Å². The summed E-state index contributed by atoms with van der Waals surface area (Å²) < 4.78 is 5.07. The number of carbonyl (C=O) groups is 2. The summed E-state index contributed by atoms with van der Waals surface area (Å²) in [6.07, 6.45) is 4.14. The molecule has 2 heterocycles. The Kier molecular flexibility index (Phi) is 4.65. The first-order valence-electron chi connectivity index (χ1n) is 7.79. The number of fused-ring (bicyclic) bond motifs is 1. The minimum Gasteiger partial charge on any atom is -0.469 e. The molecule has 124 valence electrons. The lowest BCUT2D eigenvalue weighted by Gasteiger charge is -2.06. The molecule has 0 aliphatic rings. The van der Waals surface area contributed by atoms with E-state index < -0.39 is 0 Å². The molecule has 0 radical (unpaired) electrons. The molecule has 2 amide bonds. The van der Waals surface area contributed by atoms with Gasteiger partial charge in [-0.1, -0.05) is 18.2 Å². The molecule has 0 fully saturated rings. The topological polar surface area (TPSA) is 87.1 Å². The zero-order chi connectivity index (χ0) is 16.9. The molecule has 1 aromatic carbocycles. The van der Waals surface area contributed by atoms with E-state index in [0.29, 0.717) is 17.9 Å². The van der Waals surface area contributed by atoms with Crippen molar-refractivity contribution >= 4 is 22.7 Å². The van der Waals surface area contributed by atoms with E-state index >= 15 is 0 Å². The molecule has 0 saturated carbocycles. The van der Waals surface area contributed by atoms with Gasteiger partial charge in [-0.05, 0) is 31.0 Å². The van der Waals surface area contributed by atoms with Gasteiger partial charge in [0.15, 0.2) is 0 Å². The Bertz CT molecular complexity index is 863. The number of aromatic nitrogens is 1. The number of benzene rings is 1. The first kappa shape index (κ1) is 15.9. The number of carbonyl (C=O) groups excluding carboxylic acids is 2. The van der Waals surface area contributed by atoms with Crippen LogP contribution in [0.1, 0.15) is 21.7 Å². The van der Waals surface area contributed by atoms with Crippen molar-refractivity contribution in [3.8, 4) is 0 Å². The molecule has 3 rings (SSSR count). The fraction of sp³-hybridized carbons (Fsp3) is 0.222. The highest BCUT2D eigenvalue weighted by atomic mass is 16.3. The molecule has 24 heavy (non-hydrogen) atoms. The molecule has 6 nitrogen and oxygen atoms in total. The lowest BCUT2D eigenvalue weighted by Crippen LogP contribution is -2.37. The zero-order valence-corrected chi connectivity index (χ0v) is 13.4. The van der Waals surface area contributed by atoms with Crippen molar-refractivity contribution < 1.29 is 14.0 Å². The third kappa shape index (κ3) is 3.48. The van der Waals surface area contributed by atoms with Crippen LogP contribution in [0, 0.1) is 6.92 Å². The highest BCUT2D eigenvalue weighted by molar-refractivity contribution is 5.97. The number of rotatable bonds is 6. The highest BCUT2D eigenvalue weighted by Gasteiger charge is 2.12. The van der Waals surface area contributed by atoms with Gasteiger partial charge in [-0.3, -0.25) is 9.59 Å². The molecule has 0 spiro atoms. The first-order valence-corrected chi connectivity index (χ1v) is 7.79. The summed E-state index contributed by atoms with van der Waals surface area (Å²) in [4.78, 5) is 26.9. The average Bonchev–Trinajstić information content (AvgIpc) is 3.19. The lowest BCUT2D eigenvalue weighted by molar-refractivity contribution is -0.120. The van der Waals surface area contributed by atoms with Gasteiger partial charge in [0, 0.05) is 23.6 Å². The van der Waals surface area contributed by atoms with E-state index in [9.17, 15) is 9.59 Å². The Morgan fingerprint density at radius 3 is 2.79 bits per heavy atom. The summed E-state index contributed by atoms with van der Waals surface area (Å²) in [5.74, 6) is 0.00427. The van der Waals surface area contributed by atoms with Crippen LogP contribution < -0.4 is 10.6 Å². The maximum atomic E-state index is 11.9. The monoisotopic (exact) mass is 325 g/mol. The highest BCUT2D eigenvalue weighted by Crippen LogP contribution is 2.17. The maximum absolute atomic E-state index is 11.9. The van der Waals surface area contributed by atoms with Crippen LogP contribution in [0.4, 0.5) is 0 Å². The number of nitrogens with one attached hydrogen (secondary N) is 3. The van der Waals surface area contributed by atoms with Crippen LogP contribution in [0.15, 0.2) is 47.2 Å². The molecule has 0 saturated heterocycles. The van der Waals surface area contributed by atoms with Crippen LogP contribution in [-0.2, 0) is 11.2 Å². The summed E-state index contributed by atoms with van der Waals surface area (Å²) in [5.41, 5.74) is 2.69. The minimum absolute atomic E-state index is 0.0582. The van der Waals surface area contributed by atoms with Crippen molar-refractivity contribution in [3.63, 3.8) is 0 Å². The molecule has 2 aromatic heterocycles. The van der Waals surface area contributed by atoms with E-state index in [1.54, 1.807) is 13.0 Å². The van der Waals surface area contributed by atoms with Crippen LogP contribution >= 0.6 is 0 Å². The zero-order valence-electron chi connectivity index (χ0n) is 13.4. The number of hydrogen-bond acceptors (Lipinski definition) is 3. The van der Waals surface area contributed by atoms with Gasteiger partial charge in [-0.25, -0.2) is 0 Å². The van der Waals surface area contributed by atoms with Gasteiger partial charge < -0.3 is 20.0 Å². The second kappa shape index (κ2) is 7.04. The van der Waals surface area contributed by atoms with Crippen molar-refractivity contribution in [3.05, 3.63) is 59.7 Å².